The molecule has 0 unspecified atom stereocenters. The molecular weight excluding hydrogens is 312 g/mol. The molecule has 112 valence electrons. The highest BCUT2D eigenvalue weighted by atomic mass is 32.2. The minimum Gasteiger partial charge on any atom is -0.464 e. The van der Waals surface area contributed by atoms with E-state index in [0.29, 0.717) is 5.69 Å². The van der Waals surface area contributed by atoms with Crippen LogP contribution in [0.4, 0.5) is 5.69 Å². The number of hydrogen-bond acceptors (Lipinski definition) is 6. The van der Waals surface area contributed by atoms with Crippen molar-refractivity contribution in [1.29, 1.82) is 0 Å². The van der Waals surface area contributed by atoms with Gasteiger partial charge in [0.2, 0.25) is 0 Å². The number of methoxy groups -OCH3 is 1. The van der Waals surface area contributed by atoms with Gasteiger partial charge in [-0.2, -0.15) is 0 Å². The second-order valence-electron chi connectivity index (χ2n) is 4.35. The van der Waals surface area contributed by atoms with Crippen molar-refractivity contribution in [3.05, 3.63) is 40.5 Å². The number of carbonyl (C=O) groups excluding carboxylic acids is 1. The van der Waals surface area contributed by atoms with Gasteiger partial charge in [-0.1, -0.05) is 18.2 Å². The first kappa shape index (κ1) is 15.5. The maximum absolute atomic E-state index is 12.5. The summed E-state index contributed by atoms with van der Waals surface area (Å²) in [6.07, 6.45) is 0. The standard InChI is InChI=1S/C13H14N2O4S2/c1-8-5-4-6-9(2)10(8)15-21(17,18)13-11(12(16)19-3)14-7-20-13/h4-7,15H,1-3H3. The Hall–Kier alpha value is -1.93. The zero-order chi connectivity index (χ0) is 15.6. The van der Waals surface area contributed by atoms with Gasteiger partial charge in [0.15, 0.2) is 9.90 Å². The monoisotopic (exact) mass is 326 g/mol. The number of aromatic nitrogens is 1. The smallest absolute Gasteiger partial charge is 0.358 e. The highest BCUT2D eigenvalue weighted by Crippen LogP contribution is 2.27. The summed E-state index contributed by atoms with van der Waals surface area (Å²) in [6.45, 7) is 3.61. The van der Waals surface area contributed by atoms with E-state index in [-0.39, 0.29) is 9.90 Å². The van der Waals surface area contributed by atoms with E-state index in [2.05, 4.69) is 14.4 Å². The average molecular weight is 326 g/mol. The predicted octanol–water partition coefficient (Wildman–Crippen LogP) is 2.35. The van der Waals surface area contributed by atoms with Crippen LogP contribution in [0.1, 0.15) is 21.6 Å². The molecule has 1 heterocycles. The van der Waals surface area contributed by atoms with Crippen molar-refractivity contribution in [3.8, 4) is 0 Å². The van der Waals surface area contributed by atoms with Gasteiger partial charge >= 0.3 is 5.97 Å². The number of para-hydroxylation sites is 1. The number of anilines is 1. The van der Waals surface area contributed by atoms with Gasteiger partial charge in [0.25, 0.3) is 10.0 Å². The van der Waals surface area contributed by atoms with Crippen molar-refractivity contribution < 1.29 is 17.9 Å². The van der Waals surface area contributed by atoms with Crippen LogP contribution >= 0.6 is 11.3 Å². The molecule has 2 aromatic rings. The molecule has 6 nitrogen and oxygen atoms in total. The van der Waals surface area contributed by atoms with Crippen LogP contribution in [0.2, 0.25) is 0 Å². The van der Waals surface area contributed by atoms with E-state index in [1.54, 1.807) is 26.0 Å². The minimum absolute atomic E-state index is 0.156. The van der Waals surface area contributed by atoms with Crippen LogP contribution in [0.5, 0.6) is 0 Å². The van der Waals surface area contributed by atoms with Crippen LogP contribution in [0, 0.1) is 13.8 Å². The fourth-order valence-corrected chi connectivity index (χ4v) is 4.15. The molecule has 1 aromatic heterocycles. The summed E-state index contributed by atoms with van der Waals surface area (Å²) < 4.78 is 31.8. The SMILES string of the molecule is COC(=O)c1ncsc1S(=O)(=O)Nc1c(C)cccc1C. The molecule has 0 saturated heterocycles. The molecule has 0 amide bonds. The molecule has 8 heteroatoms. The third-order valence-corrected chi connectivity index (χ3v) is 5.59. The maximum Gasteiger partial charge on any atom is 0.358 e. The molecule has 0 aliphatic heterocycles. The number of hydrogen-bond donors (Lipinski definition) is 1. The molecule has 0 bridgehead atoms. The topological polar surface area (TPSA) is 85.4 Å². The Bertz CT molecular complexity index is 761. The molecule has 2 rings (SSSR count). The largest absolute Gasteiger partial charge is 0.464 e. The van der Waals surface area contributed by atoms with Crippen LogP contribution in [0.15, 0.2) is 27.9 Å². The number of rotatable bonds is 4. The Morgan fingerprint density at radius 3 is 2.48 bits per heavy atom. The van der Waals surface area contributed by atoms with E-state index in [4.69, 9.17) is 0 Å². The quantitative estimate of drug-likeness (QED) is 0.872. The summed E-state index contributed by atoms with van der Waals surface area (Å²) in [5.74, 6) is -0.780. The Kier molecular flexibility index (Phi) is 4.29. The number of thiazole rings is 1. The van der Waals surface area contributed by atoms with E-state index < -0.39 is 16.0 Å². The van der Waals surface area contributed by atoms with E-state index in [9.17, 15) is 13.2 Å². The summed E-state index contributed by atoms with van der Waals surface area (Å²) in [6, 6.07) is 5.45. The first-order valence-corrected chi connectivity index (χ1v) is 8.34. The highest BCUT2D eigenvalue weighted by molar-refractivity contribution is 7.94. The number of carbonyl (C=O) groups is 1. The van der Waals surface area contributed by atoms with Gasteiger partial charge < -0.3 is 4.74 Å². The summed E-state index contributed by atoms with van der Waals surface area (Å²) >= 11 is 0.869. The second kappa shape index (κ2) is 5.82. The van der Waals surface area contributed by atoms with Crippen molar-refractivity contribution in [3.63, 3.8) is 0 Å². The lowest BCUT2D eigenvalue weighted by Crippen LogP contribution is -2.17. The van der Waals surface area contributed by atoms with Crippen LogP contribution in [0.25, 0.3) is 0 Å². The molecule has 0 radical (unpaired) electrons. The minimum atomic E-state index is -3.90. The molecule has 21 heavy (non-hydrogen) atoms. The maximum atomic E-state index is 12.5. The van der Waals surface area contributed by atoms with E-state index in [1.807, 2.05) is 6.07 Å². The van der Waals surface area contributed by atoms with Crippen LogP contribution in [-0.2, 0) is 14.8 Å². The normalized spacial score (nSPS) is 11.2. The molecule has 0 aliphatic carbocycles. The average Bonchev–Trinajstić information content (AvgIpc) is 2.92. The van der Waals surface area contributed by atoms with E-state index in [0.717, 1.165) is 22.5 Å². The predicted molar refractivity (Wildman–Crippen MR) is 80.2 cm³/mol. The van der Waals surface area contributed by atoms with Crippen LogP contribution in [0.3, 0.4) is 0 Å². The number of sulfonamides is 1. The van der Waals surface area contributed by atoms with Gasteiger partial charge in [-0.3, -0.25) is 4.72 Å². The van der Waals surface area contributed by atoms with Gasteiger partial charge in [-0.25, -0.2) is 18.2 Å². The molecule has 1 aromatic carbocycles. The number of esters is 1. The van der Waals surface area contributed by atoms with Crippen molar-refractivity contribution in [2.45, 2.75) is 18.1 Å². The van der Waals surface area contributed by atoms with E-state index >= 15 is 0 Å². The Balaban J connectivity index is 2.45. The third kappa shape index (κ3) is 3.06. The van der Waals surface area contributed by atoms with Crippen LogP contribution in [-0.4, -0.2) is 26.5 Å². The molecule has 0 aliphatic rings. The molecule has 1 N–H and O–H groups in total. The molecule has 0 fully saturated rings. The first-order valence-electron chi connectivity index (χ1n) is 5.97. The van der Waals surface area contributed by atoms with Crippen molar-refractivity contribution in [2.75, 3.05) is 11.8 Å². The molecular formula is C13H14N2O4S2. The number of ether oxygens (including phenoxy) is 1. The Morgan fingerprint density at radius 2 is 1.90 bits per heavy atom. The van der Waals surface area contributed by atoms with Gasteiger partial charge in [0.05, 0.1) is 18.3 Å². The number of nitrogens with zero attached hydrogens (tertiary/aromatic N) is 1. The van der Waals surface area contributed by atoms with Crippen LogP contribution < -0.4 is 4.72 Å². The Labute approximate surface area is 126 Å². The summed E-state index contributed by atoms with van der Waals surface area (Å²) in [4.78, 5) is 15.3. The molecule has 0 saturated carbocycles. The second-order valence-corrected chi connectivity index (χ2v) is 7.08. The van der Waals surface area contributed by atoms with Gasteiger partial charge in [-0.15, -0.1) is 11.3 Å². The number of benzene rings is 1. The van der Waals surface area contributed by atoms with Gasteiger partial charge in [0.1, 0.15) is 0 Å². The lowest BCUT2D eigenvalue weighted by molar-refractivity contribution is 0.0590. The lowest BCUT2D eigenvalue weighted by atomic mass is 10.1. The number of nitrogens with one attached hydrogen (secondary N) is 1. The van der Waals surface area contributed by atoms with Crippen molar-refractivity contribution >= 4 is 33.0 Å². The van der Waals surface area contributed by atoms with Crippen molar-refractivity contribution in [1.82, 2.24) is 4.98 Å². The summed E-state index contributed by atoms with van der Waals surface area (Å²) in [7, 11) is -2.72. The summed E-state index contributed by atoms with van der Waals surface area (Å²) in [5, 5.41) is 0. The molecule has 0 atom stereocenters. The number of aryl methyl sites for hydroxylation is 2. The van der Waals surface area contributed by atoms with Gasteiger partial charge in [-0.05, 0) is 25.0 Å². The van der Waals surface area contributed by atoms with Gasteiger partial charge in [0, 0.05) is 0 Å². The molecule has 0 spiro atoms. The third-order valence-electron chi connectivity index (χ3n) is 2.88. The zero-order valence-electron chi connectivity index (χ0n) is 11.7. The zero-order valence-corrected chi connectivity index (χ0v) is 13.3. The Morgan fingerprint density at radius 1 is 1.29 bits per heavy atom. The van der Waals surface area contributed by atoms with Crippen molar-refractivity contribution in [2.24, 2.45) is 0 Å². The summed E-state index contributed by atoms with van der Waals surface area (Å²) in [5.41, 5.74) is 3.18. The fraction of sp³-hybridized carbons (Fsp3) is 0.231. The fourth-order valence-electron chi connectivity index (χ4n) is 1.81. The first-order chi connectivity index (χ1) is 9.86. The highest BCUT2D eigenvalue weighted by Gasteiger charge is 2.27. The lowest BCUT2D eigenvalue weighted by Gasteiger charge is -2.12. The van der Waals surface area contributed by atoms with E-state index in [1.165, 1.54) is 12.6 Å².